The molecule has 1 aliphatic rings. The molecule has 1 aliphatic heterocycles. The van der Waals surface area contributed by atoms with E-state index in [4.69, 9.17) is 5.10 Å². The maximum absolute atomic E-state index is 4.86. The van der Waals surface area contributed by atoms with Crippen molar-refractivity contribution in [2.75, 3.05) is 5.75 Å². The molecule has 0 unspecified atom stereocenters. The lowest BCUT2D eigenvalue weighted by Crippen LogP contribution is -3.00. The van der Waals surface area contributed by atoms with Gasteiger partial charge in [-0.25, -0.2) is 4.57 Å². The summed E-state index contributed by atoms with van der Waals surface area (Å²) in [6.07, 6.45) is 0. The van der Waals surface area contributed by atoms with Crippen LogP contribution in [0.15, 0.2) is 64.9 Å². The van der Waals surface area contributed by atoms with Gasteiger partial charge in [-0.1, -0.05) is 52.2 Å². The van der Waals surface area contributed by atoms with Crippen LogP contribution in [0.4, 0.5) is 0 Å². The normalized spacial score (nSPS) is 13.5. The van der Waals surface area contributed by atoms with Crippen LogP contribution in [0.5, 0.6) is 0 Å². The summed E-state index contributed by atoms with van der Waals surface area (Å²) in [4.78, 5) is 0. The third kappa shape index (κ3) is 2.30. The lowest BCUT2D eigenvalue weighted by Gasteiger charge is -2.08. The minimum absolute atomic E-state index is 0. The second-order valence-electron chi connectivity index (χ2n) is 4.84. The molecule has 4 rings (SSSR count). The van der Waals surface area contributed by atoms with Gasteiger partial charge in [0, 0.05) is 5.56 Å². The summed E-state index contributed by atoms with van der Waals surface area (Å²) in [5, 5.41) is 6.04. The molecule has 0 N–H and O–H groups in total. The fraction of sp³-hybridized carbons (Fsp3) is 0.125. The summed E-state index contributed by atoms with van der Waals surface area (Å²) < 4.78 is 4.27. The molecule has 2 aromatic carbocycles. The fourth-order valence-electron chi connectivity index (χ4n) is 2.58. The van der Waals surface area contributed by atoms with Gasteiger partial charge in [-0.05, 0) is 23.9 Å². The fourth-order valence-corrected chi connectivity index (χ4v) is 3.63. The summed E-state index contributed by atoms with van der Waals surface area (Å²) in [7, 11) is 2.10. The number of hydrogen-bond acceptors (Lipinski definition) is 2. The Morgan fingerprint density at radius 3 is 2.57 bits per heavy atom. The highest BCUT2D eigenvalue weighted by Crippen LogP contribution is 2.26. The van der Waals surface area contributed by atoms with Crippen LogP contribution < -0.4 is 21.5 Å². The van der Waals surface area contributed by atoms with Gasteiger partial charge in [0.05, 0.1) is 12.8 Å². The first-order valence-corrected chi connectivity index (χ1v) is 7.59. The van der Waals surface area contributed by atoms with Crippen molar-refractivity contribution >= 4 is 28.5 Å². The maximum Gasteiger partial charge on any atom is 0.344 e. The van der Waals surface area contributed by atoms with Crippen LogP contribution in [-0.2, 0) is 7.05 Å². The summed E-state index contributed by atoms with van der Waals surface area (Å²) in [6, 6.07) is 18.8. The van der Waals surface area contributed by atoms with Crippen LogP contribution in [-0.4, -0.2) is 16.1 Å². The van der Waals surface area contributed by atoms with Crippen LogP contribution in [0.25, 0.3) is 11.0 Å². The Kier molecular flexibility index (Phi) is 3.87. The summed E-state index contributed by atoms with van der Waals surface area (Å²) in [6.45, 7) is 0. The molecule has 0 bridgehead atoms. The van der Waals surface area contributed by atoms with Crippen molar-refractivity contribution in [3.63, 3.8) is 0 Å². The number of para-hydroxylation sites is 2. The van der Waals surface area contributed by atoms with E-state index >= 15 is 0 Å². The number of thioether (sulfide) groups is 1. The molecule has 0 saturated heterocycles. The van der Waals surface area contributed by atoms with Gasteiger partial charge in [-0.3, -0.25) is 0 Å². The molecule has 0 fully saturated rings. The minimum Gasteiger partial charge on any atom is -1.00 e. The number of aryl methyl sites for hydroxylation is 1. The van der Waals surface area contributed by atoms with E-state index in [-0.39, 0.29) is 17.0 Å². The van der Waals surface area contributed by atoms with Crippen molar-refractivity contribution in [2.24, 2.45) is 12.1 Å². The lowest BCUT2D eigenvalue weighted by atomic mass is 10.1. The lowest BCUT2D eigenvalue weighted by molar-refractivity contribution is -0.685. The number of rotatable bonds is 1. The summed E-state index contributed by atoms with van der Waals surface area (Å²) >= 11 is 1.84. The Labute approximate surface area is 138 Å². The highest BCUT2D eigenvalue weighted by atomic mass is 79.9. The topological polar surface area (TPSA) is 21.2 Å². The number of imidazole rings is 1. The van der Waals surface area contributed by atoms with E-state index in [1.807, 2.05) is 17.8 Å². The summed E-state index contributed by atoms with van der Waals surface area (Å²) in [5.74, 6) is 0.911. The van der Waals surface area contributed by atoms with E-state index in [1.54, 1.807) is 0 Å². The molecule has 106 valence electrons. The molecule has 0 saturated carbocycles. The first-order valence-electron chi connectivity index (χ1n) is 6.60. The van der Waals surface area contributed by atoms with Crippen molar-refractivity contribution < 1.29 is 21.5 Å². The first kappa shape index (κ1) is 14.4. The number of halogens is 1. The molecule has 0 amide bonds. The monoisotopic (exact) mass is 359 g/mol. The zero-order valence-electron chi connectivity index (χ0n) is 11.5. The molecular weight excluding hydrogens is 346 g/mol. The number of aromatic nitrogens is 2. The van der Waals surface area contributed by atoms with E-state index < -0.39 is 0 Å². The molecule has 0 atom stereocenters. The first-order chi connectivity index (χ1) is 9.84. The molecule has 5 heteroatoms. The molecule has 0 spiro atoms. The minimum atomic E-state index is 0. The van der Waals surface area contributed by atoms with Crippen LogP contribution in [0, 0.1) is 0 Å². The second-order valence-corrected chi connectivity index (χ2v) is 5.79. The zero-order valence-corrected chi connectivity index (χ0v) is 13.9. The molecule has 21 heavy (non-hydrogen) atoms. The van der Waals surface area contributed by atoms with E-state index in [9.17, 15) is 0 Å². The van der Waals surface area contributed by atoms with Crippen LogP contribution in [0.3, 0.4) is 0 Å². The van der Waals surface area contributed by atoms with E-state index in [0.717, 1.165) is 17.0 Å². The van der Waals surface area contributed by atoms with Gasteiger partial charge in [-0.15, -0.1) is 0 Å². The molecule has 1 aromatic heterocycles. The van der Waals surface area contributed by atoms with E-state index in [0.29, 0.717) is 0 Å². The Hall–Kier alpha value is -1.59. The Balaban J connectivity index is 0.00000132. The van der Waals surface area contributed by atoms with Crippen LogP contribution in [0.2, 0.25) is 0 Å². The van der Waals surface area contributed by atoms with Crippen molar-refractivity contribution in [3.05, 3.63) is 60.2 Å². The van der Waals surface area contributed by atoms with Gasteiger partial charge < -0.3 is 17.0 Å². The van der Waals surface area contributed by atoms with Crippen molar-refractivity contribution in [1.82, 2.24) is 4.68 Å². The third-order valence-electron chi connectivity index (χ3n) is 3.61. The molecule has 3 nitrogen and oxygen atoms in total. The standard InChI is InChI=1S/C16H14N3S.BrH/c1-18-14-9-5-6-10-15(14)19-16(18)20-11-13(17-19)12-7-3-2-4-8-12;/h2-10H,11H2,1H3;1H/q+1;/p-1. The van der Waals surface area contributed by atoms with Gasteiger partial charge in [0.25, 0.3) is 0 Å². The quantitative estimate of drug-likeness (QED) is 0.552. The van der Waals surface area contributed by atoms with Gasteiger partial charge in [-0.2, -0.15) is 0 Å². The third-order valence-corrected chi connectivity index (χ3v) is 4.73. The van der Waals surface area contributed by atoms with Crippen molar-refractivity contribution in [3.8, 4) is 0 Å². The maximum atomic E-state index is 4.86. The SMILES string of the molecule is C[n+]1c2n(c3ccccc31)N=C(c1ccccc1)CS2.[Br-]. The smallest absolute Gasteiger partial charge is 0.344 e. The Morgan fingerprint density at radius 1 is 1.05 bits per heavy atom. The highest BCUT2D eigenvalue weighted by molar-refractivity contribution is 7.99. The van der Waals surface area contributed by atoms with Gasteiger partial charge in [0.1, 0.15) is 5.71 Å². The molecule has 3 aromatic rings. The molecular formula is C16H14BrN3S. The van der Waals surface area contributed by atoms with Crippen molar-refractivity contribution in [2.45, 2.75) is 5.16 Å². The Morgan fingerprint density at radius 2 is 1.76 bits per heavy atom. The average Bonchev–Trinajstić information content (AvgIpc) is 2.81. The molecule has 0 aliphatic carbocycles. The van der Waals surface area contributed by atoms with Crippen LogP contribution in [0.1, 0.15) is 5.56 Å². The number of fused-ring (bicyclic) bond motifs is 3. The van der Waals surface area contributed by atoms with Crippen molar-refractivity contribution in [1.29, 1.82) is 0 Å². The number of nitrogens with zero attached hydrogens (tertiary/aromatic N) is 3. The molecule has 2 heterocycles. The molecule has 0 radical (unpaired) electrons. The predicted octanol–water partition coefficient (Wildman–Crippen LogP) is -0.172. The van der Waals surface area contributed by atoms with Gasteiger partial charge >= 0.3 is 5.16 Å². The number of hydrogen-bond donors (Lipinski definition) is 0. The summed E-state index contributed by atoms with van der Waals surface area (Å²) in [5.41, 5.74) is 4.70. The van der Waals surface area contributed by atoms with E-state index in [1.165, 1.54) is 16.2 Å². The van der Waals surface area contributed by atoms with Gasteiger partial charge in [0.15, 0.2) is 5.52 Å². The van der Waals surface area contributed by atoms with E-state index in [2.05, 4.69) is 64.8 Å². The zero-order chi connectivity index (χ0) is 13.5. The highest BCUT2D eigenvalue weighted by Gasteiger charge is 2.28. The second kappa shape index (κ2) is 5.66. The predicted molar refractivity (Wildman–Crippen MR) is 82.2 cm³/mol. The largest absolute Gasteiger partial charge is 1.00 e. The van der Waals surface area contributed by atoms with Crippen LogP contribution >= 0.6 is 11.8 Å². The van der Waals surface area contributed by atoms with Gasteiger partial charge in [0.2, 0.25) is 5.52 Å². The average molecular weight is 360 g/mol. The Bertz CT molecular complexity index is 824. The number of benzene rings is 2.